The van der Waals surface area contributed by atoms with Gasteiger partial charge in [-0.25, -0.2) is 0 Å². The third-order valence-corrected chi connectivity index (χ3v) is 1.38. The minimum atomic E-state index is 0.676. The van der Waals surface area contributed by atoms with Crippen LogP contribution in [0.5, 0.6) is 0 Å². The highest BCUT2D eigenvalue weighted by atomic mass is 16.5. The van der Waals surface area contributed by atoms with Crippen molar-refractivity contribution in [3.05, 3.63) is 24.7 Å². The fourth-order valence-electron chi connectivity index (χ4n) is 0.875. The first kappa shape index (κ1) is 5.22. The lowest BCUT2D eigenvalue weighted by Gasteiger charge is -1.89. The van der Waals surface area contributed by atoms with Gasteiger partial charge in [-0.3, -0.25) is 0 Å². The topological polar surface area (TPSA) is 50.9 Å². The molecule has 50 valence electrons. The van der Waals surface area contributed by atoms with Gasteiger partial charge in [-0.2, -0.15) is 14.9 Å². The molecule has 4 nitrogen and oxygen atoms in total. The summed E-state index contributed by atoms with van der Waals surface area (Å²) in [4.78, 5) is 0. The predicted octanol–water partition coefficient (Wildman–Crippen LogP) is 0.669. The monoisotopic (exact) mass is 135 g/mol. The molecule has 0 aliphatic carbocycles. The minimum absolute atomic E-state index is 0.676. The predicted molar refractivity (Wildman–Crippen MR) is 34.7 cm³/mol. The Hall–Kier alpha value is -1.58. The molecule has 0 unspecified atom stereocenters. The summed E-state index contributed by atoms with van der Waals surface area (Å²) in [5.74, 6) is 0. The molecule has 0 bridgehead atoms. The van der Waals surface area contributed by atoms with E-state index in [0.717, 1.165) is 10.1 Å². The summed E-state index contributed by atoms with van der Waals surface area (Å²) in [6.07, 6.45) is 4.66. The van der Waals surface area contributed by atoms with E-state index >= 15 is 0 Å². The van der Waals surface area contributed by atoms with Crippen molar-refractivity contribution >= 4 is 10.9 Å². The molecule has 10 heavy (non-hydrogen) atoms. The SMILES string of the molecule is On1ccc2cnncc21. The van der Waals surface area contributed by atoms with Crippen LogP contribution >= 0.6 is 0 Å². The summed E-state index contributed by atoms with van der Waals surface area (Å²) >= 11 is 0. The lowest BCUT2D eigenvalue weighted by molar-refractivity contribution is 0.200. The summed E-state index contributed by atoms with van der Waals surface area (Å²) in [7, 11) is 0. The van der Waals surface area contributed by atoms with E-state index in [1.54, 1.807) is 18.5 Å². The van der Waals surface area contributed by atoms with Gasteiger partial charge in [-0.15, -0.1) is 0 Å². The first-order valence-electron chi connectivity index (χ1n) is 2.85. The minimum Gasteiger partial charge on any atom is -0.428 e. The van der Waals surface area contributed by atoms with E-state index in [9.17, 15) is 0 Å². The van der Waals surface area contributed by atoms with Crippen molar-refractivity contribution in [3.63, 3.8) is 0 Å². The zero-order valence-electron chi connectivity index (χ0n) is 5.10. The van der Waals surface area contributed by atoms with Gasteiger partial charge in [0.2, 0.25) is 0 Å². The largest absolute Gasteiger partial charge is 0.428 e. The number of hydrogen-bond acceptors (Lipinski definition) is 3. The number of nitrogens with zero attached hydrogens (tertiary/aromatic N) is 3. The van der Waals surface area contributed by atoms with Crippen LogP contribution in [0.25, 0.3) is 10.9 Å². The Morgan fingerprint density at radius 2 is 2.10 bits per heavy atom. The molecule has 2 aromatic heterocycles. The Labute approximate surface area is 56.7 Å². The van der Waals surface area contributed by atoms with Crippen molar-refractivity contribution in [2.75, 3.05) is 0 Å². The molecule has 2 rings (SSSR count). The fraction of sp³-hybridized carbons (Fsp3) is 0. The first-order valence-corrected chi connectivity index (χ1v) is 2.85. The van der Waals surface area contributed by atoms with Crippen LogP contribution in [0.15, 0.2) is 24.7 Å². The Bertz CT molecular complexity index is 355. The normalized spacial score (nSPS) is 10.4. The van der Waals surface area contributed by atoms with Gasteiger partial charge in [0.1, 0.15) is 5.52 Å². The molecule has 0 atom stereocenters. The van der Waals surface area contributed by atoms with E-state index in [1.165, 1.54) is 6.20 Å². The molecule has 0 spiro atoms. The van der Waals surface area contributed by atoms with Crippen molar-refractivity contribution in [2.24, 2.45) is 0 Å². The van der Waals surface area contributed by atoms with Crippen molar-refractivity contribution in [1.82, 2.24) is 14.9 Å². The van der Waals surface area contributed by atoms with E-state index in [-0.39, 0.29) is 0 Å². The number of aromatic nitrogens is 3. The molecule has 0 saturated carbocycles. The maximum atomic E-state index is 9.06. The van der Waals surface area contributed by atoms with Gasteiger partial charge in [0, 0.05) is 11.6 Å². The number of fused-ring (bicyclic) bond motifs is 1. The molecule has 0 radical (unpaired) electrons. The van der Waals surface area contributed by atoms with Crippen LogP contribution < -0.4 is 0 Å². The van der Waals surface area contributed by atoms with Crippen LogP contribution in [0.4, 0.5) is 0 Å². The summed E-state index contributed by atoms with van der Waals surface area (Å²) in [6, 6.07) is 1.77. The highest BCUT2D eigenvalue weighted by Gasteiger charge is 1.96. The van der Waals surface area contributed by atoms with Crippen molar-refractivity contribution in [2.45, 2.75) is 0 Å². The third-order valence-electron chi connectivity index (χ3n) is 1.38. The molecule has 0 fully saturated rings. The molecule has 0 aromatic carbocycles. The van der Waals surface area contributed by atoms with Gasteiger partial charge < -0.3 is 5.21 Å². The van der Waals surface area contributed by atoms with Crippen molar-refractivity contribution in [3.8, 4) is 0 Å². The maximum absolute atomic E-state index is 9.06. The van der Waals surface area contributed by atoms with Gasteiger partial charge in [0.15, 0.2) is 0 Å². The van der Waals surface area contributed by atoms with E-state index in [0.29, 0.717) is 5.52 Å². The number of rotatable bonds is 0. The lowest BCUT2D eigenvalue weighted by Crippen LogP contribution is -1.86. The van der Waals surface area contributed by atoms with Crippen LogP contribution in [0, 0.1) is 0 Å². The number of hydrogen-bond donors (Lipinski definition) is 1. The molecule has 2 heterocycles. The summed E-state index contributed by atoms with van der Waals surface area (Å²) in [5.41, 5.74) is 0.676. The van der Waals surface area contributed by atoms with Gasteiger partial charge in [0.05, 0.1) is 12.4 Å². The van der Waals surface area contributed by atoms with E-state index in [4.69, 9.17) is 5.21 Å². The van der Waals surface area contributed by atoms with Crippen LogP contribution in [0.1, 0.15) is 0 Å². The molecule has 0 aliphatic rings. The second kappa shape index (κ2) is 1.70. The smallest absolute Gasteiger partial charge is 0.108 e. The van der Waals surface area contributed by atoms with E-state index < -0.39 is 0 Å². The summed E-state index contributed by atoms with van der Waals surface area (Å²) in [6.45, 7) is 0. The molecule has 1 N–H and O–H groups in total. The molecule has 2 aromatic rings. The zero-order chi connectivity index (χ0) is 6.97. The van der Waals surface area contributed by atoms with E-state index in [2.05, 4.69) is 10.2 Å². The second-order valence-corrected chi connectivity index (χ2v) is 1.99. The van der Waals surface area contributed by atoms with Gasteiger partial charge in [-0.1, -0.05) is 0 Å². The molecule has 0 saturated heterocycles. The van der Waals surface area contributed by atoms with Crippen molar-refractivity contribution < 1.29 is 5.21 Å². The first-order chi connectivity index (χ1) is 4.88. The average Bonchev–Trinajstić information content (AvgIpc) is 2.34. The lowest BCUT2D eigenvalue weighted by atomic mass is 10.4. The molecule has 4 heteroatoms. The van der Waals surface area contributed by atoms with Crippen LogP contribution in [0.3, 0.4) is 0 Å². The molecule has 0 aliphatic heterocycles. The van der Waals surface area contributed by atoms with E-state index in [1.807, 2.05) is 0 Å². The Kier molecular flexibility index (Phi) is 0.887. The van der Waals surface area contributed by atoms with Gasteiger partial charge in [-0.05, 0) is 6.07 Å². The van der Waals surface area contributed by atoms with Crippen molar-refractivity contribution in [1.29, 1.82) is 0 Å². The molecule has 0 amide bonds. The fourth-order valence-corrected chi connectivity index (χ4v) is 0.875. The standard InChI is InChI=1S/C6H5N3O/c10-9-2-1-5-3-7-8-4-6(5)9/h1-4,10H. The summed E-state index contributed by atoms with van der Waals surface area (Å²) < 4.78 is 1.02. The van der Waals surface area contributed by atoms with Gasteiger partial charge >= 0.3 is 0 Å². The highest BCUT2D eigenvalue weighted by Crippen LogP contribution is 2.09. The third kappa shape index (κ3) is 0.556. The second-order valence-electron chi connectivity index (χ2n) is 1.99. The Morgan fingerprint density at radius 1 is 1.30 bits per heavy atom. The van der Waals surface area contributed by atoms with Crippen LogP contribution in [-0.4, -0.2) is 20.1 Å². The van der Waals surface area contributed by atoms with Crippen LogP contribution in [-0.2, 0) is 0 Å². The quantitative estimate of drug-likeness (QED) is 0.540. The average molecular weight is 135 g/mol. The summed E-state index contributed by atoms with van der Waals surface area (Å²) in [5, 5.41) is 17.2. The molecular weight excluding hydrogens is 130 g/mol. The van der Waals surface area contributed by atoms with Crippen LogP contribution in [0.2, 0.25) is 0 Å². The maximum Gasteiger partial charge on any atom is 0.108 e. The highest BCUT2D eigenvalue weighted by molar-refractivity contribution is 5.77. The molecular formula is C6H5N3O. The Morgan fingerprint density at radius 3 is 2.90 bits per heavy atom. The Balaban J connectivity index is 2.93. The van der Waals surface area contributed by atoms with Gasteiger partial charge in [0.25, 0.3) is 0 Å². The zero-order valence-corrected chi connectivity index (χ0v) is 5.10.